The van der Waals surface area contributed by atoms with Gasteiger partial charge in [-0.3, -0.25) is 4.79 Å². The van der Waals surface area contributed by atoms with Gasteiger partial charge >= 0.3 is 0 Å². The zero-order valence-electron chi connectivity index (χ0n) is 7.07. The van der Waals surface area contributed by atoms with Gasteiger partial charge in [0.05, 0.1) is 11.6 Å². The molecule has 0 fully saturated rings. The third-order valence-electron chi connectivity index (χ3n) is 1.53. The van der Waals surface area contributed by atoms with Crippen molar-refractivity contribution in [1.29, 1.82) is 5.26 Å². The minimum Gasteiger partial charge on any atom is -0.507 e. The summed E-state index contributed by atoms with van der Waals surface area (Å²) in [5, 5.41) is 17.9. The van der Waals surface area contributed by atoms with Crippen LogP contribution in [0.3, 0.4) is 0 Å². The van der Waals surface area contributed by atoms with Gasteiger partial charge in [0, 0.05) is 11.1 Å². The Balaban J connectivity index is 3.07. The van der Waals surface area contributed by atoms with E-state index in [1.165, 1.54) is 18.2 Å². The molecule has 0 aromatic heterocycles. The van der Waals surface area contributed by atoms with Crippen molar-refractivity contribution >= 4 is 17.4 Å². The van der Waals surface area contributed by atoms with Crippen molar-refractivity contribution in [3.05, 3.63) is 40.9 Å². The molecule has 1 aromatic carbocycles. The third kappa shape index (κ3) is 2.35. The summed E-state index contributed by atoms with van der Waals surface area (Å²) in [6, 6.07) is 5.84. The van der Waals surface area contributed by atoms with Crippen LogP contribution in [0.1, 0.15) is 10.4 Å². The molecule has 1 rings (SSSR count). The number of carbonyl (C=O) groups excluding carboxylic acids is 1. The molecule has 4 heteroatoms. The van der Waals surface area contributed by atoms with Crippen molar-refractivity contribution in [1.82, 2.24) is 0 Å². The molecule has 0 radical (unpaired) electrons. The van der Waals surface area contributed by atoms with E-state index < -0.39 is 5.78 Å². The lowest BCUT2D eigenvalue weighted by Crippen LogP contribution is -1.94. The summed E-state index contributed by atoms with van der Waals surface area (Å²) >= 11 is 5.64. The zero-order chi connectivity index (χ0) is 10.6. The fourth-order valence-corrected chi connectivity index (χ4v) is 1.08. The number of nitriles is 1. The van der Waals surface area contributed by atoms with Crippen molar-refractivity contribution in [2.45, 2.75) is 0 Å². The van der Waals surface area contributed by atoms with E-state index in [1.807, 2.05) is 0 Å². The van der Waals surface area contributed by atoms with Gasteiger partial charge < -0.3 is 5.11 Å². The molecule has 0 amide bonds. The summed E-state index contributed by atoms with van der Waals surface area (Å²) in [6.07, 6.45) is 2.12. The Morgan fingerprint density at radius 2 is 2.29 bits per heavy atom. The molecule has 0 bridgehead atoms. The molecule has 0 aliphatic rings. The molecular weight excluding hydrogens is 202 g/mol. The molecule has 1 N–H and O–H groups in total. The number of rotatable bonds is 2. The van der Waals surface area contributed by atoms with Crippen LogP contribution in [0.2, 0.25) is 5.02 Å². The summed E-state index contributed by atoms with van der Waals surface area (Å²) in [6.45, 7) is 0. The van der Waals surface area contributed by atoms with E-state index in [1.54, 1.807) is 6.07 Å². The summed E-state index contributed by atoms with van der Waals surface area (Å²) in [4.78, 5) is 11.3. The highest BCUT2D eigenvalue weighted by atomic mass is 35.5. The number of halogens is 1. The van der Waals surface area contributed by atoms with E-state index in [2.05, 4.69) is 0 Å². The van der Waals surface area contributed by atoms with Crippen LogP contribution in [0, 0.1) is 11.3 Å². The predicted octanol–water partition coefficient (Wildman–Crippen LogP) is 2.31. The van der Waals surface area contributed by atoms with Crippen molar-refractivity contribution in [3.8, 4) is 11.8 Å². The summed E-state index contributed by atoms with van der Waals surface area (Å²) in [5.74, 6) is -0.603. The second kappa shape index (κ2) is 4.45. The molecule has 0 saturated heterocycles. The molecule has 70 valence electrons. The Morgan fingerprint density at radius 1 is 1.57 bits per heavy atom. The van der Waals surface area contributed by atoms with E-state index in [0.717, 1.165) is 12.2 Å². The Morgan fingerprint density at radius 3 is 2.93 bits per heavy atom. The third-order valence-corrected chi connectivity index (χ3v) is 1.77. The molecule has 14 heavy (non-hydrogen) atoms. The Labute approximate surface area is 85.9 Å². The van der Waals surface area contributed by atoms with Crippen LogP contribution in [0.4, 0.5) is 0 Å². The largest absolute Gasteiger partial charge is 0.507 e. The number of aromatic hydroxyl groups is 1. The smallest absolute Gasteiger partial charge is 0.190 e. The van der Waals surface area contributed by atoms with Crippen LogP contribution in [-0.2, 0) is 0 Å². The maximum Gasteiger partial charge on any atom is 0.190 e. The molecule has 3 nitrogen and oxygen atoms in total. The number of ketones is 1. The maximum atomic E-state index is 11.3. The number of benzene rings is 1. The Kier molecular flexibility index (Phi) is 3.27. The van der Waals surface area contributed by atoms with Gasteiger partial charge in [0.1, 0.15) is 5.75 Å². The fourth-order valence-electron chi connectivity index (χ4n) is 0.908. The molecule has 1 aromatic rings. The van der Waals surface area contributed by atoms with E-state index in [4.69, 9.17) is 16.9 Å². The first-order valence-electron chi connectivity index (χ1n) is 3.74. The lowest BCUT2D eigenvalue weighted by Gasteiger charge is -1.99. The van der Waals surface area contributed by atoms with Crippen LogP contribution in [0.15, 0.2) is 30.4 Å². The Bertz CT molecular complexity index is 432. The first-order chi connectivity index (χ1) is 6.65. The number of carbonyl (C=O) groups is 1. The minimum atomic E-state index is -0.452. The number of phenolic OH excluding ortho intramolecular Hbond substituents is 1. The minimum absolute atomic E-state index is 0.0870. The van der Waals surface area contributed by atoms with Gasteiger partial charge in [-0.25, -0.2) is 0 Å². The van der Waals surface area contributed by atoms with Crippen LogP contribution in [-0.4, -0.2) is 10.9 Å². The lowest BCUT2D eigenvalue weighted by atomic mass is 10.1. The normalized spacial score (nSPS) is 10.0. The lowest BCUT2D eigenvalue weighted by molar-refractivity contribution is 0.104. The molecule has 0 unspecified atom stereocenters. The number of nitrogens with zero attached hydrogens (tertiary/aromatic N) is 1. The zero-order valence-corrected chi connectivity index (χ0v) is 7.82. The monoisotopic (exact) mass is 207 g/mol. The van der Waals surface area contributed by atoms with Crippen LogP contribution < -0.4 is 0 Å². The van der Waals surface area contributed by atoms with Gasteiger partial charge in [-0.15, -0.1) is 0 Å². The van der Waals surface area contributed by atoms with Gasteiger partial charge in [-0.05, 0) is 24.3 Å². The maximum absolute atomic E-state index is 11.3. The summed E-state index contributed by atoms with van der Waals surface area (Å²) in [5.41, 5.74) is 0.0870. The first kappa shape index (κ1) is 10.3. The first-order valence-corrected chi connectivity index (χ1v) is 4.12. The van der Waals surface area contributed by atoms with Gasteiger partial charge in [0.25, 0.3) is 0 Å². The molecule has 0 saturated carbocycles. The van der Waals surface area contributed by atoms with Crippen LogP contribution in [0.5, 0.6) is 5.75 Å². The quantitative estimate of drug-likeness (QED) is 0.460. The SMILES string of the molecule is N#C/C=C/C(=O)c1cc(Cl)ccc1O. The topological polar surface area (TPSA) is 61.1 Å². The number of hydrogen-bond donors (Lipinski definition) is 1. The molecule has 0 heterocycles. The van der Waals surface area contributed by atoms with E-state index in [0.29, 0.717) is 5.02 Å². The number of hydrogen-bond acceptors (Lipinski definition) is 3. The van der Waals surface area contributed by atoms with E-state index >= 15 is 0 Å². The average molecular weight is 208 g/mol. The molecule has 0 atom stereocenters. The highest BCUT2D eigenvalue weighted by Gasteiger charge is 2.08. The highest BCUT2D eigenvalue weighted by Crippen LogP contribution is 2.21. The second-order valence-electron chi connectivity index (χ2n) is 2.49. The van der Waals surface area contributed by atoms with Crippen molar-refractivity contribution in [3.63, 3.8) is 0 Å². The molecular formula is C10H6ClNO2. The van der Waals surface area contributed by atoms with Gasteiger partial charge in [0.15, 0.2) is 5.78 Å². The average Bonchev–Trinajstić information content (AvgIpc) is 2.18. The van der Waals surface area contributed by atoms with Gasteiger partial charge in [-0.2, -0.15) is 5.26 Å². The van der Waals surface area contributed by atoms with Crippen LogP contribution >= 0.6 is 11.6 Å². The molecule has 0 spiro atoms. The number of allylic oxidation sites excluding steroid dienone is 2. The van der Waals surface area contributed by atoms with Crippen molar-refractivity contribution < 1.29 is 9.90 Å². The van der Waals surface area contributed by atoms with Gasteiger partial charge in [-0.1, -0.05) is 11.6 Å². The second-order valence-corrected chi connectivity index (χ2v) is 2.92. The molecule has 0 aliphatic heterocycles. The molecule has 0 aliphatic carbocycles. The summed E-state index contributed by atoms with van der Waals surface area (Å²) < 4.78 is 0. The van der Waals surface area contributed by atoms with Crippen molar-refractivity contribution in [2.75, 3.05) is 0 Å². The van der Waals surface area contributed by atoms with E-state index in [9.17, 15) is 9.90 Å². The van der Waals surface area contributed by atoms with Crippen LogP contribution in [0.25, 0.3) is 0 Å². The fraction of sp³-hybridized carbons (Fsp3) is 0. The Hall–Kier alpha value is -1.79. The predicted molar refractivity (Wildman–Crippen MR) is 52.2 cm³/mol. The van der Waals surface area contributed by atoms with Crippen molar-refractivity contribution in [2.24, 2.45) is 0 Å². The highest BCUT2D eigenvalue weighted by molar-refractivity contribution is 6.31. The van der Waals surface area contributed by atoms with Gasteiger partial charge in [0.2, 0.25) is 0 Å². The standard InChI is InChI=1S/C10H6ClNO2/c11-7-3-4-10(14)8(6-7)9(13)2-1-5-12/h1-4,6,14H/b2-1+. The summed E-state index contributed by atoms with van der Waals surface area (Å²) in [7, 11) is 0. The number of phenols is 1. The van der Waals surface area contributed by atoms with E-state index in [-0.39, 0.29) is 11.3 Å².